The van der Waals surface area contributed by atoms with Crippen LogP contribution < -0.4 is 9.47 Å². The maximum Gasteiger partial charge on any atom is 0.254 e. The standard InChI is InChI=1S/C23H22N4O5/c28-22(16-1-2-18-19(11-16)31-14-30-18)27-12-17(23(13-27)5-9-29-10-6-23)21-26-25-20(32-21)15-3-7-24-8-4-15/h1-4,7-8,11,17H,5-6,9-10,12-14H2. The highest BCUT2D eigenvalue weighted by Gasteiger charge is 2.51. The van der Waals surface area contributed by atoms with E-state index < -0.39 is 0 Å². The Bertz CT molecular complexity index is 1140. The Morgan fingerprint density at radius 2 is 1.84 bits per heavy atom. The number of fused-ring (bicyclic) bond motifs is 1. The lowest BCUT2D eigenvalue weighted by atomic mass is 9.72. The van der Waals surface area contributed by atoms with Crippen LogP contribution in [0.3, 0.4) is 0 Å². The second-order valence-electron chi connectivity index (χ2n) is 8.46. The molecule has 9 nitrogen and oxygen atoms in total. The van der Waals surface area contributed by atoms with Crippen molar-refractivity contribution < 1.29 is 23.4 Å². The topological polar surface area (TPSA) is 99.8 Å². The smallest absolute Gasteiger partial charge is 0.254 e. The first-order valence-electron chi connectivity index (χ1n) is 10.7. The van der Waals surface area contributed by atoms with Crippen LogP contribution in [0.5, 0.6) is 11.5 Å². The predicted octanol–water partition coefficient (Wildman–Crippen LogP) is 2.90. The number of pyridine rings is 1. The number of carbonyl (C=O) groups is 1. The second kappa shape index (κ2) is 7.59. The van der Waals surface area contributed by atoms with Crippen molar-refractivity contribution in [1.82, 2.24) is 20.1 Å². The molecule has 2 aromatic heterocycles. The number of carbonyl (C=O) groups excluding carboxylic acids is 1. The van der Waals surface area contributed by atoms with E-state index >= 15 is 0 Å². The Hall–Kier alpha value is -3.46. The van der Waals surface area contributed by atoms with Crippen LogP contribution in [0.2, 0.25) is 0 Å². The maximum absolute atomic E-state index is 13.4. The van der Waals surface area contributed by atoms with Gasteiger partial charge in [-0.1, -0.05) is 0 Å². The SMILES string of the molecule is O=C(c1ccc2c(c1)OCO2)N1CC(c2nnc(-c3ccncc3)o2)C2(CCOCC2)C1. The van der Waals surface area contributed by atoms with Crippen molar-refractivity contribution in [1.29, 1.82) is 0 Å². The highest BCUT2D eigenvalue weighted by Crippen LogP contribution is 2.49. The molecule has 6 rings (SSSR count). The quantitative estimate of drug-likeness (QED) is 0.620. The van der Waals surface area contributed by atoms with Crippen molar-refractivity contribution in [2.45, 2.75) is 18.8 Å². The van der Waals surface area contributed by atoms with E-state index in [1.54, 1.807) is 30.6 Å². The summed E-state index contributed by atoms with van der Waals surface area (Å²) in [6.45, 7) is 2.65. The zero-order valence-corrected chi connectivity index (χ0v) is 17.4. The minimum absolute atomic E-state index is 0.0365. The third kappa shape index (κ3) is 3.20. The minimum Gasteiger partial charge on any atom is -0.454 e. The van der Waals surface area contributed by atoms with Crippen LogP contribution >= 0.6 is 0 Å². The molecule has 32 heavy (non-hydrogen) atoms. The van der Waals surface area contributed by atoms with Crippen LogP contribution in [0.4, 0.5) is 0 Å². The van der Waals surface area contributed by atoms with Gasteiger partial charge < -0.3 is 23.5 Å². The summed E-state index contributed by atoms with van der Waals surface area (Å²) < 4.78 is 22.6. The highest BCUT2D eigenvalue weighted by atomic mass is 16.7. The number of amides is 1. The third-order valence-corrected chi connectivity index (χ3v) is 6.71. The van der Waals surface area contributed by atoms with Gasteiger partial charge in [0.15, 0.2) is 11.5 Å². The summed E-state index contributed by atoms with van der Waals surface area (Å²) in [6, 6.07) is 9.00. The number of nitrogens with zero attached hydrogens (tertiary/aromatic N) is 4. The molecule has 1 spiro atoms. The first-order chi connectivity index (χ1) is 15.7. The molecule has 0 N–H and O–H groups in total. The molecule has 1 aromatic carbocycles. The summed E-state index contributed by atoms with van der Waals surface area (Å²) >= 11 is 0. The number of aromatic nitrogens is 3. The lowest BCUT2D eigenvalue weighted by Gasteiger charge is -2.36. The molecule has 3 aliphatic heterocycles. The molecule has 2 fully saturated rings. The zero-order chi connectivity index (χ0) is 21.5. The molecule has 0 radical (unpaired) electrons. The van der Waals surface area contributed by atoms with E-state index in [1.165, 1.54) is 0 Å². The Labute approximate surface area is 184 Å². The summed E-state index contributed by atoms with van der Waals surface area (Å²) in [7, 11) is 0. The highest BCUT2D eigenvalue weighted by molar-refractivity contribution is 5.95. The van der Waals surface area contributed by atoms with Crippen LogP contribution in [0.15, 0.2) is 47.1 Å². The molecule has 0 bridgehead atoms. The molecule has 164 valence electrons. The van der Waals surface area contributed by atoms with E-state index in [0.717, 1.165) is 18.4 Å². The van der Waals surface area contributed by atoms with E-state index in [-0.39, 0.29) is 24.0 Å². The van der Waals surface area contributed by atoms with Gasteiger partial charge in [0.1, 0.15) is 0 Å². The van der Waals surface area contributed by atoms with E-state index in [0.29, 0.717) is 55.1 Å². The summed E-state index contributed by atoms with van der Waals surface area (Å²) in [5.41, 5.74) is 1.26. The van der Waals surface area contributed by atoms with Crippen molar-refractivity contribution in [3.8, 4) is 23.0 Å². The first-order valence-corrected chi connectivity index (χ1v) is 10.7. The van der Waals surface area contributed by atoms with E-state index in [4.69, 9.17) is 18.6 Å². The molecular weight excluding hydrogens is 412 g/mol. The number of benzene rings is 1. The molecule has 0 aliphatic carbocycles. The van der Waals surface area contributed by atoms with Gasteiger partial charge in [0.2, 0.25) is 18.6 Å². The summed E-state index contributed by atoms with van der Waals surface area (Å²) in [5.74, 6) is 2.21. The average Bonchev–Trinajstić information content (AvgIpc) is 3.58. The van der Waals surface area contributed by atoms with Crippen LogP contribution in [0.25, 0.3) is 11.5 Å². The fourth-order valence-electron chi connectivity index (χ4n) is 4.95. The first kappa shape index (κ1) is 19.2. The molecule has 3 aliphatic rings. The molecule has 1 unspecified atom stereocenters. The summed E-state index contributed by atoms with van der Waals surface area (Å²) in [4.78, 5) is 19.3. The van der Waals surface area contributed by atoms with E-state index in [2.05, 4.69) is 15.2 Å². The van der Waals surface area contributed by atoms with Crippen LogP contribution in [0.1, 0.15) is 35.0 Å². The van der Waals surface area contributed by atoms with Gasteiger partial charge in [-0.15, -0.1) is 10.2 Å². The summed E-state index contributed by atoms with van der Waals surface area (Å²) in [6.07, 6.45) is 5.08. The molecule has 5 heterocycles. The zero-order valence-electron chi connectivity index (χ0n) is 17.4. The monoisotopic (exact) mass is 434 g/mol. The van der Waals surface area contributed by atoms with Crippen LogP contribution in [-0.4, -0.2) is 59.1 Å². The molecule has 3 aromatic rings. The van der Waals surface area contributed by atoms with Crippen molar-refractivity contribution in [3.63, 3.8) is 0 Å². The second-order valence-corrected chi connectivity index (χ2v) is 8.46. The molecule has 1 atom stereocenters. The van der Waals surface area contributed by atoms with Crippen LogP contribution in [-0.2, 0) is 4.74 Å². The normalized spacial score (nSPS) is 21.2. The number of likely N-dealkylation sites (tertiary alicyclic amines) is 1. The summed E-state index contributed by atoms with van der Waals surface area (Å²) in [5, 5.41) is 8.65. The largest absolute Gasteiger partial charge is 0.454 e. The van der Waals surface area contributed by atoms with Gasteiger partial charge in [-0.3, -0.25) is 9.78 Å². The van der Waals surface area contributed by atoms with E-state index in [1.807, 2.05) is 17.0 Å². The Kier molecular flexibility index (Phi) is 4.57. The fraction of sp³-hybridized carbons (Fsp3) is 0.391. The molecular formula is C23H22N4O5. The molecule has 2 saturated heterocycles. The van der Waals surface area contributed by atoms with Gasteiger partial charge in [0, 0.05) is 55.2 Å². The average molecular weight is 434 g/mol. The number of hydrogen-bond acceptors (Lipinski definition) is 8. The van der Waals surface area contributed by atoms with E-state index in [9.17, 15) is 4.79 Å². The van der Waals surface area contributed by atoms with Gasteiger partial charge in [-0.25, -0.2) is 0 Å². The van der Waals surface area contributed by atoms with Crippen molar-refractivity contribution in [3.05, 3.63) is 54.2 Å². The maximum atomic E-state index is 13.4. The Morgan fingerprint density at radius 3 is 2.69 bits per heavy atom. The number of rotatable bonds is 3. The number of ether oxygens (including phenoxy) is 3. The molecule has 0 saturated carbocycles. The lowest BCUT2D eigenvalue weighted by Crippen LogP contribution is -2.37. The Morgan fingerprint density at radius 1 is 1.03 bits per heavy atom. The van der Waals surface area contributed by atoms with Gasteiger partial charge >= 0.3 is 0 Å². The predicted molar refractivity (Wildman–Crippen MR) is 111 cm³/mol. The van der Waals surface area contributed by atoms with Gasteiger partial charge in [0.05, 0.1) is 5.92 Å². The Balaban J connectivity index is 1.30. The van der Waals surface area contributed by atoms with Gasteiger partial charge in [0.25, 0.3) is 5.91 Å². The molecule has 9 heteroatoms. The van der Waals surface area contributed by atoms with Crippen molar-refractivity contribution in [2.75, 3.05) is 33.1 Å². The van der Waals surface area contributed by atoms with Gasteiger partial charge in [-0.05, 0) is 43.2 Å². The van der Waals surface area contributed by atoms with Crippen LogP contribution in [0, 0.1) is 5.41 Å². The minimum atomic E-state index is -0.147. The number of hydrogen-bond donors (Lipinski definition) is 0. The third-order valence-electron chi connectivity index (χ3n) is 6.71. The van der Waals surface area contributed by atoms with Crippen molar-refractivity contribution >= 4 is 5.91 Å². The van der Waals surface area contributed by atoms with Crippen molar-refractivity contribution in [2.24, 2.45) is 5.41 Å². The molecule has 1 amide bonds. The van der Waals surface area contributed by atoms with Gasteiger partial charge in [-0.2, -0.15) is 0 Å². The fourth-order valence-corrected chi connectivity index (χ4v) is 4.95. The lowest BCUT2D eigenvalue weighted by molar-refractivity contribution is 0.00908.